The Kier molecular flexibility index (Phi) is 3.63. The van der Waals surface area contributed by atoms with Crippen molar-refractivity contribution in [3.8, 4) is 12.3 Å². The van der Waals surface area contributed by atoms with Gasteiger partial charge in [0.15, 0.2) is 0 Å². The molecule has 1 unspecified atom stereocenters. The summed E-state index contributed by atoms with van der Waals surface area (Å²) in [6, 6.07) is 7.30. The van der Waals surface area contributed by atoms with E-state index in [0.717, 1.165) is 16.5 Å². The van der Waals surface area contributed by atoms with Gasteiger partial charge in [0.1, 0.15) is 0 Å². The highest BCUT2D eigenvalue weighted by Gasteiger charge is 2.12. The van der Waals surface area contributed by atoms with E-state index in [-0.39, 0.29) is 0 Å². The number of rotatable bonds is 3. The number of benzene rings is 1. The summed E-state index contributed by atoms with van der Waals surface area (Å²) < 4.78 is 0. The minimum absolute atomic E-state index is 0.532. The third-order valence-corrected chi connectivity index (χ3v) is 3.00. The first-order chi connectivity index (χ1) is 8.24. The molecule has 0 spiro atoms. The molecule has 0 aliphatic carbocycles. The lowest BCUT2D eigenvalue weighted by Gasteiger charge is -2.12. The van der Waals surface area contributed by atoms with E-state index in [1.807, 2.05) is 12.1 Å². The van der Waals surface area contributed by atoms with E-state index in [4.69, 9.17) is 18.0 Å². The molecule has 0 bridgehead atoms. The average Bonchev–Trinajstić information content (AvgIpc) is 2.37. The van der Waals surface area contributed by atoms with Crippen LogP contribution in [0.1, 0.15) is 24.5 Å². The SMILES string of the molecule is C#CCCC(O)c1ccc(Cl)c2cccnc12. The average molecular weight is 246 g/mol. The van der Waals surface area contributed by atoms with Gasteiger partial charge in [-0.2, -0.15) is 0 Å². The summed E-state index contributed by atoms with van der Waals surface area (Å²) in [7, 11) is 0. The topological polar surface area (TPSA) is 33.1 Å². The summed E-state index contributed by atoms with van der Waals surface area (Å²) in [6.07, 6.45) is 7.36. The van der Waals surface area contributed by atoms with Crippen molar-refractivity contribution in [2.45, 2.75) is 18.9 Å². The molecule has 1 N–H and O–H groups in total. The molecule has 2 rings (SSSR count). The first kappa shape index (κ1) is 11.9. The fraction of sp³-hybridized carbons (Fsp3) is 0.214. The molecular weight excluding hydrogens is 234 g/mol. The zero-order valence-electron chi connectivity index (χ0n) is 9.23. The molecule has 0 radical (unpaired) electrons. The molecule has 1 aromatic carbocycles. The Labute approximate surface area is 105 Å². The molecule has 0 fully saturated rings. The molecule has 2 nitrogen and oxygen atoms in total. The van der Waals surface area contributed by atoms with E-state index in [1.54, 1.807) is 18.3 Å². The Morgan fingerprint density at radius 3 is 3.00 bits per heavy atom. The van der Waals surface area contributed by atoms with Crippen LogP contribution in [0.4, 0.5) is 0 Å². The Morgan fingerprint density at radius 2 is 2.24 bits per heavy atom. The maximum atomic E-state index is 10.1. The lowest BCUT2D eigenvalue weighted by Crippen LogP contribution is -1.99. The van der Waals surface area contributed by atoms with Gasteiger partial charge in [0.05, 0.1) is 11.6 Å². The number of hydrogen-bond donors (Lipinski definition) is 1. The second kappa shape index (κ2) is 5.18. The van der Waals surface area contributed by atoms with Gasteiger partial charge in [0.2, 0.25) is 0 Å². The molecule has 0 amide bonds. The minimum atomic E-state index is -0.597. The van der Waals surface area contributed by atoms with Gasteiger partial charge in [-0.15, -0.1) is 12.3 Å². The zero-order valence-corrected chi connectivity index (χ0v) is 9.98. The van der Waals surface area contributed by atoms with Gasteiger partial charge in [0.25, 0.3) is 0 Å². The smallest absolute Gasteiger partial charge is 0.0820 e. The number of nitrogens with zero attached hydrogens (tertiary/aromatic N) is 1. The van der Waals surface area contributed by atoms with Crippen LogP contribution in [0.5, 0.6) is 0 Å². The Balaban J connectivity index is 2.48. The van der Waals surface area contributed by atoms with E-state index in [0.29, 0.717) is 17.9 Å². The zero-order chi connectivity index (χ0) is 12.3. The van der Waals surface area contributed by atoms with Crippen LogP contribution in [-0.4, -0.2) is 10.1 Å². The third kappa shape index (κ3) is 2.41. The summed E-state index contributed by atoms with van der Waals surface area (Å²) in [5.74, 6) is 2.52. The number of pyridine rings is 1. The first-order valence-corrected chi connectivity index (χ1v) is 5.76. The molecule has 2 aromatic rings. The normalized spacial score (nSPS) is 12.3. The summed E-state index contributed by atoms with van der Waals surface area (Å²) in [4.78, 5) is 4.28. The van der Waals surface area contributed by atoms with Crippen molar-refractivity contribution >= 4 is 22.5 Å². The van der Waals surface area contributed by atoms with Crippen LogP contribution < -0.4 is 0 Å². The quantitative estimate of drug-likeness (QED) is 0.842. The van der Waals surface area contributed by atoms with Crippen molar-refractivity contribution < 1.29 is 5.11 Å². The van der Waals surface area contributed by atoms with Crippen molar-refractivity contribution in [3.05, 3.63) is 41.0 Å². The fourth-order valence-electron chi connectivity index (χ4n) is 1.80. The van der Waals surface area contributed by atoms with Crippen LogP contribution >= 0.6 is 11.6 Å². The summed E-state index contributed by atoms with van der Waals surface area (Å²) in [5, 5.41) is 11.6. The van der Waals surface area contributed by atoms with Crippen LogP contribution in [0.2, 0.25) is 5.02 Å². The van der Waals surface area contributed by atoms with Crippen LogP contribution in [0.15, 0.2) is 30.5 Å². The second-order valence-corrected chi connectivity index (χ2v) is 4.20. The van der Waals surface area contributed by atoms with Gasteiger partial charge in [-0.05, 0) is 24.6 Å². The highest BCUT2D eigenvalue weighted by molar-refractivity contribution is 6.35. The summed E-state index contributed by atoms with van der Waals surface area (Å²) in [5.41, 5.74) is 1.52. The molecule has 86 valence electrons. The van der Waals surface area contributed by atoms with Gasteiger partial charge >= 0.3 is 0 Å². The Bertz CT molecular complexity index is 574. The number of aromatic nitrogens is 1. The number of aliphatic hydroxyl groups is 1. The molecule has 3 heteroatoms. The van der Waals surface area contributed by atoms with Crippen molar-refractivity contribution in [1.29, 1.82) is 0 Å². The maximum absolute atomic E-state index is 10.1. The molecular formula is C14H12ClNO. The molecule has 0 aliphatic rings. The Hall–Kier alpha value is -1.56. The molecule has 1 atom stereocenters. The van der Waals surface area contributed by atoms with Gasteiger partial charge in [-0.25, -0.2) is 0 Å². The van der Waals surface area contributed by atoms with Crippen molar-refractivity contribution in [3.63, 3.8) is 0 Å². The van der Waals surface area contributed by atoms with Crippen LogP contribution in [0.25, 0.3) is 10.9 Å². The number of aliphatic hydroxyl groups excluding tert-OH is 1. The highest BCUT2D eigenvalue weighted by Crippen LogP contribution is 2.29. The first-order valence-electron chi connectivity index (χ1n) is 5.38. The number of hydrogen-bond acceptors (Lipinski definition) is 2. The molecule has 0 saturated heterocycles. The van der Waals surface area contributed by atoms with E-state index in [1.165, 1.54) is 0 Å². The molecule has 0 aliphatic heterocycles. The monoisotopic (exact) mass is 245 g/mol. The lowest BCUT2D eigenvalue weighted by molar-refractivity contribution is 0.171. The van der Waals surface area contributed by atoms with Gasteiger partial charge in [-0.3, -0.25) is 4.98 Å². The standard InChI is InChI=1S/C14H12ClNO/c1-2-3-6-13(17)11-7-8-12(15)10-5-4-9-16-14(10)11/h1,4-5,7-9,13,17H,3,6H2. The maximum Gasteiger partial charge on any atom is 0.0820 e. The Morgan fingerprint density at radius 1 is 1.41 bits per heavy atom. The molecule has 1 heterocycles. The number of terminal acetylenes is 1. The fourth-order valence-corrected chi connectivity index (χ4v) is 2.02. The molecule has 0 saturated carbocycles. The van der Waals surface area contributed by atoms with E-state index >= 15 is 0 Å². The predicted molar refractivity (Wildman–Crippen MR) is 69.8 cm³/mol. The van der Waals surface area contributed by atoms with Crippen molar-refractivity contribution in [2.24, 2.45) is 0 Å². The number of halogens is 1. The van der Waals surface area contributed by atoms with Crippen LogP contribution in [0, 0.1) is 12.3 Å². The third-order valence-electron chi connectivity index (χ3n) is 2.67. The minimum Gasteiger partial charge on any atom is -0.388 e. The van der Waals surface area contributed by atoms with Gasteiger partial charge in [0, 0.05) is 28.6 Å². The second-order valence-electron chi connectivity index (χ2n) is 3.79. The highest BCUT2D eigenvalue weighted by atomic mass is 35.5. The largest absolute Gasteiger partial charge is 0.388 e. The van der Waals surface area contributed by atoms with Gasteiger partial charge < -0.3 is 5.11 Å². The predicted octanol–water partition coefficient (Wildman–Crippen LogP) is 3.34. The summed E-state index contributed by atoms with van der Waals surface area (Å²) >= 11 is 6.08. The van der Waals surface area contributed by atoms with E-state index in [2.05, 4.69) is 10.9 Å². The van der Waals surface area contributed by atoms with Crippen molar-refractivity contribution in [2.75, 3.05) is 0 Å². The lowest BCUT2D eigenvalue weighted by atomic mass is 10.0. The van der Waals surface area contributed by atoms with Crippen molar-refractivity contribution in [1.82, 2.24) is 4.98 Å². The molecule has 17 heavy (non-hydrogen) atoms. The van der Waals surface area contributed by atoms with Gasteiger partial charge in [-0.1, -0.05) is 17.7 Å². The van der Waals surface area contributed by atoms with E-state index in [9.17, 15) is 5.11 Å². The number of fused-ring (bicyclic) bond motifs is 1. The summed E-state index contributed by atoms with van der Waals surface area (Å²) in [6.45, 7) is 0. The van der Waals surface area contributed by atoms with Crippen LogP contribution in [0.3, 0.4) is 0 Å². The molecule has 1 aromatic heterocycles. The van der Waals surface area contributed by atoms with E-state index < -0.39 is 6.10 Å². The van der Waals surface area contributed by atoms with Crippen LogP contribution in [-0.2, 0) is 0 Å².